The van der Waals surface area contributed by atoms with Gasteiger partial charge < -0.3 is 0 Å². The predicted octanol–water partition coefficient (Wildman–Crippen LogP) is 4.06. The van der Waals surface area contributed by atoms with Crippen molar-refractivity contribution in [1.29, 1.82) is 0 Å². The van der Waals surface area contributed by atoms with Crippen LogP contribution in [0.4, 0.5) is 15.8 Å². The fourth-order valence-corrected chi connectivity index (χ4v) is 1.83. The number of hydrogen-bond acceptors (Lipinski definition) is 4. The van der Waals surface area contributed by atoms with Crippen LogP contribution in [-0.2, 0) is 0 Å². The molecule has 0 aliphatic rings. The number of rotatable bonds is 4. The van der Waals surface area contributed by atoms with Crippen LogP contribution in [0.15, 0.2) is 42.5 Å². The monoisotopic (exact) mass is 313 g/mol. The largest absolute Gasteiger partial charge is 0.272 e. The van der Waals surface area contributed by atoms with E-state index in [1.165, 1.54) is 36.4 Å². The lowest BCUT2D eigenvalue weighted by Crippen LogP contribution is -1.91. The van der Waals surface area contributed by atoms with E-state index < -0.39 is 15.7 Å². The van der Waals surface area contributed by atoms with Crippen molar-refractivity contribution in [2.45, 2.75) is 0 Å². The smallest absolute Gasteiger partial charge is 0.258 e. The summed E-state index contributed by atoms with van der Waals surface area (Å²) in [4.78, 5) is 23.2. The highest BCUT2D eigenvalue weighted by Crippen LogP contribution is 2.25. The van der Waals surface area contributed by atoms with Gasteiger partial charge in [0.25, 0.3) is 11.4 Å². The normalized spacial score (nSPS) is 10.9. The number of benzene rings is 2. The summed E-state index contributed by atoms with van der Waals surface area (Å²) in [6, 6.07) is 8.33. The van der Waals surface area contributed by atoms with Crippen LogP contribution in [-0.4, -0.2) is 9.85 Å². The van der Waals surface area contributed by atoms with Gasteiger partial charge in [-0.3, -0.25) is 20.2 Å². The topological polar surface area (TPSA) is 90.6 Å². The zero-order valence-electron chi connectivity index (χ0n) is 11.5. The standard InChI is InChI=1S/C15H8FN3O4/c1-17-15(10-2-5-12(6-3-10)18(20)21)8-11-4-7-13(19(22)23)9-14(11)16/h2-9H/b15-8-. The summed E-state index contributed by atoms with van der Waals surface area (Å²) in [5, 5.41) is 21.2. The van der Waals surface area contributed by atoms with E-state index in [9.17, 15) is 24.6 Å². The Labute approximate surface area is 129 Å². The van der Waals surface area contributed by atoms with E-state index in [1.807, 2.05) is 0 Å². The fraction of sp³-hybridized carbons (Fsp3) is 0. The first kappa shape index (κ1) is 15.8. The van der Waals surface area contributed by atoms with Crippen molar-refractivity contribution in [2.24, 2.45) is 0 Å². The maximum Gasteiger partial charge on any atom is 0.272 e. The number of nitrogens with zero attached hydrogens (tertiary/aromatic N) is 3. The molecule has 0 aliphatic heterocycles. The lowest BCUT2D eigenvalue weighted by molar-refractivity contribution is -0.385. The van der Waals surface area contributed by atoms with Gasteiger partial charge in [-0.05, 0) is 17.7 Å². The summed E-state index contributed by atoms with van der Waals surface area (Å²) in [5.41, 5.74) is -0.0603. The molecule has 23 heavy (non-hydrogen) atoms. The van der Waals surface area contributed by atoms with Crippen molar-refractivity contribution in [3.05, 3.63) is 91.1 Å². The molecule has 0 bridgehead atoms. The van der Waals surface area contributed by atoms with Crippen molar-refractivity contribution in [3.63, 3.8) is 0 Å². The van der Waals surface area contributed by atoms with Gasteiger partial charge in [0, 0.05) is 23.8 Å². The SMILES string of the molecule is [C-]#[N+]/C(=C\c1ccc([N+](=O)[O-])cc1F)c1ccc([N+](=O)[O-])cc1. The van der Waals surface area contributed by atoms with Crippen molar-refractivity contribution in [3.8, 4) is 0 Å². The summed E-state index contributed by atoms with van der Waals surface area (Å²) in [7, 11) is 0. The molecule has 0 radical (unpaired) electrons. The molecule has 0 N–H and O–H groups in total. The molecule has 8 heteroatoms. The zero-order chi connectivity index (χ0) is 17.0. The summed E-state index contributed by atoms with van der Waals surface area (Å²) < 4.78 is 13.9. The average Bonchev–Trinajstić information content (AvgIpc) is 2.53. The Kier molecular flexibility index (Phi) is 4.42. The van der Waals surface area contributed by atoms with E-state index in [-0.39, 0.29) is 22.6 Å². The predicted molar refractivity (Wildman–Crippen MR) is 80.6 cm³/mol. The number of non-ortho nitro benzene ring substituents is 2. The number of nitro benzene ring substituents is 2. The fourth-order valence-electron chi connectivity index (χ4n) is 1.83. The second kappa shape index (κ2) is 6.44. The minimum absolute atomic E-state index is 0.0138. The number of nitro groups is 2. The Morgan fingerprint density at radius 1 is 1.04 bits per heavy atom. The van der Waals surface area contributed by atoms with Crippen LogP contribution in [0, 0.1) is 32.6 Å². The van der Waals surface area contributed by atoms with Gasteiger partial charge in [0.1, 0.15) is 5.82 Å². The van der Waals surface area contributed by atoms with Crippen molar-refractivity contribution < 1.29 is 14.2 Å². The third kappa shape index (κ3) is 3.54. The first-order valence-electron chi connectivity index (χ1n) is 6.20. The van der Waals surface area contributed by atoms with Crippen LogP contribution in [0.1, 0.15) is 11.1 Å². The van der Waals surface area contributed by atoms with Gasteiger partial charge in [-0.25, -0.2) is 9.24 Å². The molecule has 0 saturated carbocycles. The molecular formula is C15H8FN3O4. The van der Waals surface area contributed by atoms with Gasteiger partial charge in [0.2, 0.25) is 0 Å². The zero-order valence-corrected chi connectivity index (χ0v) is 11.5. The molecule has 0 aliphatic carbocycles. The Bertz CT molecular complexity index is 854. The molecular weight excluding hydrogens is 305 g/mol. The molecule has 0 atom stereocenters. The van der Waals surface area contributed by atoms with Crippen LogP contribution in [0.5, 0.6) is 0 Å². The van der Waals surface area contributed by atoms with Gasteiger partial charge in [-0.2, -0.15) is 0 Å². The van der Waals surface area contributed by atoms with Gasteiger partial charge in [-0.1, -0.05) is 12.1 Å². The van der Waals surface area contributed by atoms with Crippen molar-refractivity contribution in [1.82, 2.24) is 0 Å². The molecule has 7 nitrogen and oxygen atoms in total. The van der Waals surface area contributed by atoms with Gasteiger partial charge in [0.05, 0.1) is 22.5 Å². The number of halogens is 1. The Morgan fingerprint density at radius 2 is 1.61 bits per heavy atom. The Hall–Kier alpha value is -3.60. The quantitative estimate of drug-likeness (QED) is 0.368. The first-order valence-corrected chi connectivity index (χ1v) is 6.20. The molecule has 2 aromatic rings. The third-order valence-corrected chi connectivity index (χ3v) is 2.98. The second-order valence-electron chi connectivity index (χ2n) is 4.41. The minimum Gasteiger partial charge on any atom is -0.258 e. The molecule has 0 heterocycles. The van der Waals surface area contributed by atoms with Crippen molar-refractivity contribution >= 4 is 23.1 Å². The number of hydrogen-bond donors (Lipinski definition) is 0. The highest BCUT2D eigenvalue weighted by Gasteiger charge is 2.11. The van der Waals surface area contributed by atoms with Gasteiger partial charge in [-0.15, -0.1) is 0 Å². The molecule has 0 aromatic heterocycles. The highest BCUT2D eigenvalue weighted by atomic mass is 19.1. The lowest BCUT2D eigenvalue weighted by atomic mass is 10.1. The summed E-state index contributed by atoms with van der Waals surface area (Å²) >= 11 is 0. The third-order valence-electron chi connectivity index (χ3n) is 2.98. The van der Waals surface area contributed by atoms with Gasteiger partial charge in [0.15, 0.2) is 5.70 Å². The summed E-state index contributed by atoms with van der Waals surface area (Å²) in [6.45, 7) is 7.16. The highest BCUT2D eigenvalue weighted by molar-refractivity contribution is 5.85. The molecule has 0 saturated heterocycles. The first-order chi connectivity index (χ1) is 10.9. The van der Waals surface area contributed by atoms with Crippen molar-refractivity contribution in [2.75, 3.05) is 0 Å². The Balaban J connectivity index is 2.41. The maximum absolute atomic E-state index is 13.9. The summed E-state index contributed by atoms with van der Waals surface area (Å²) in [5.74, 6) is -0.831. The molecule has 114 valence electrons. The van der Waals surface area contributed by atoms with Crippen LogP contribution < -0.4 is 0 Å². The Morgan fingerprint density at radius 3 is 2.09 bits per heavy atom. The van der Waals surface area contributed by atoms with E-state index in [4.69, 9.17) is 6.57 Å². The van der Waals surface area contributed by atoms with E-state index in [0.717, 1.165) is 12.1 Å². The van der Waals surface area contributed by atoms with Crippen LogP contribution >= 0.6 is 0 Å². The van der Waals surface area contributed by atoms with E-state index in [1.54, 1.807) is 0 Å². The van der Waals surface area contributed by atoms with E-state index >= 15 is 0 Å². The molecule has 2 rings (SSSR count). The van der Waals surface area contributed by atoms with Crippen LogP contribution in [0.25, 0.3) is 16.6 Å². The maximum atomic E-state index is 13.9. The molecule has 0 fully saturated rings. The molecule has 0 amide bonds. The summed E-state index contributed by atoms with van der Waals surface area (Å²) in [6.07, 6.45) is 1.23. The van der Waals surface area contributed by atoms with Gasteiger partial charge >= 0.3 is 0 Å². The lowest BCUT2D eigenvalue weighted by Gasteiger charge is -2.01. The molecule has 0 spiro atoms. The van der Waals surface area contributed by atoms with E-state index in [0.29, 0.717) is 5.56 Å². The minimum atomic E-state index is -0.831. The van der Waals surface area contributed by atoms with Crippen LogP contribution in [0.2, 0.25) is 0 Å². The second-order valence-corrected chi connectivity index (χ2v) is 4.41. The average molecular weight is 313 g/mol. The molecule has 0 unspecified atom stereocenters. The van der Waals surface area contributed by atoms with E-state index in [2.05, 4.69) is 4.85 Å². The molecule has 2 aromatic carbocycles. The van der Waals surface area contributed by atoms with Crippen LogP contribution in [0.3, 0.4) is 0 Å².